The summed E-state index contributed by atoms with van der Waals surface area (Å²) in [5.74, 6) is 0.678. The lowest BCUT2D eigenvalue weighted by molar-refractivity contribution is 0.0601. The van der Waals surface area contributed by atoms with E-state index in [9.17, 15) is 4.79 Å². The molecular formula is C24H24N4O2. The lowest BCUT2D eigenvalue weighted by Gasteiger charge is -2.11. The molecule has 4 rings (SSSR count). The molecule has 0 aliphatic rings. The second-order valence-corrected chi connectivity index (χ2v) is 7.16. The van der Waals surface area contributed by atoms with E-state index in [1.807, 2.05) is 30.3 Å². The summed E-state index contributed by atoms with van der Waals surface area (Å²) in [6, 6.07) is 15.7. The van der Waals surface area contributed by atoms with Crippen molar-refractivity contribution < 1.29 is 9.53 Å². The van der Waals surface area contributed by atoms with Gasteiger partial charge in [-0.1, -0.05) is 55.8 Å². The van der Waals surface area contributed by atoms with Gasteiger partial charge in [-0.2, -0.15) is 0 Å². The monoisotopic (exact) mass is 400 g/mol. The zero-order valence-electron chi connectivity index (χ0n) is 17.2. The molecule has 0 saturated carbocycles. The summed E-state index contributed by atoms with van der Waals surface area (Å²) in [6.07, 6.45) is 6.47. The normalized spacial score (nSPS) is 11.0. The van der Waals surface area contributed by atoms with E-state index < -0.39 is 0 Å². The van der Waals surface area contributed by atoms with E-state index in [0.717, 1.165) is 47.4 Å². The van der Waals surface area contributed by atoms with Crippen LogP contribution < -0.4 is 0 Å². The number of hydrogen-bond donors (Lipinski definition) is 0. The van der Waals surface area contributed by atoms with Crippen molar-refractivity contribution in [2.45, 2.75) is 32.7 Å². The Bertz CT molecular complexity index is 1170. The summed E-state index contributed by atoms with van der Waals surface area (Å²) < 4.78 is 7.06. The minimum absolute atomic E-state index is 0.335. The standard InChI is InChI=1S/C24H24N4O2/c1-3-4-9-21-27-22-23(26-15-14-25-22)28(21)16-17-10-12-18(13-11-17)19-7-5-6-8-20(19)24(29)30-2/h5-8,10-15H,3-4,9,16H2,1-2H3. The van der Waals surface area contributed by atoms with Gasteiger partial charge in [-0.15, -0.1) is 0 Å². The third-order valence-electron chi connectivity index (χ3n) is 5.15. The van der Waals surface area contributed by atoms with Crippen molar-refractivity contribution in [3.8, 4) is 11.1 Å². The lowest BCUT2D eigenvalue weighted by Crippen LogP contribution is -2.06. The zero-order valence-corrected chi connectivity index (χ0v) is 17.2. The molecule has 0 atom stereocenters. The van der Waals surface area contributed by atoms with Crippen molar-refractivity contribution in [3.63, 3.8) is 0 Å². The molecule has 0 amide bonds. The average molecular weight is 400 g/mol. The van der Waals surface area contributed by atoms with Crippen molar-refractivity contribution in [2.75, 3.05) is 7.11 Å². The van der Waals surface area contributed by atoms with Gasteiger partial charge in [-0.25, -0.2) is 19.7 Å². The Morgan fingerprint density at radius 2 is 1.80 bits per heavy atom. The fourth-order valence-corrected chi connectivity index (χ4v) is 3.58. The van der Waals surface area contributed by atoms with Crippen LogP contribution in [0.2, 0.25) is 0 Å². The van der Waals surface area contributed by atoms with Crippen LogP contribution in [-0.2, 0) is 17.7 Å². The number of aromatic nitrogens is 4. The van der Waals surface area contributed by atoms with Crippen LogP contribution in [-0.4, -0.2) is 32.6 Å². The maximum absolute atomic E-state index is 12.1. The van der Waals surface area contributed by atoms with E-state index in [2.05, 4.69) is 38.6 Å². The molecule has 0 bridgehead atoms. The Morgan fingerprint density at radius 1 is 1.03 bits per heavy atom. The van der Waals surface area contributed by atoms with Crippen LogP contribution in [0.25, 0.3) is 22.4 Å². The van der Waals surface area contributed by atoms with E-state index in [1.54, 1.807) is 18.5 Å². The van der Waals surface area contributed by atoms with E-state index in [1.165, 1.54) is 7.11 Å². The first-order valence-corrected chi connectivity index (χ1v) is 10.1. The van der Waals surface area contributed by atoms with Crippen LogP contribution in [0.1, 0.15) is 41.5 Å². The Balaban J connectivity index is 1.65. The highest BCUT2D eigenvalue weighted by Gasteiger charge is 2.14. The number of carbonyl (C=O) groups is 1. The van der Waals surface area contributed by atoms with Crippen molar-refractivity contribution in [1.82, 2.24) is 19.5 Å². The Hall–Kier alpha value is -3.54. The molecule has 152 valence electrons. The average Bonchev–Trinajstić information content (AvgIpc) is 3.15. The third-order valence-corrected chi connectivity index (χ3v) is 5.15. The molecule has 0 N–H and O–H groups in total. The van der Waals surface area contributed by atoms with Crippen LogP contribution in [0.5, 0.6) is 0 Å². The van der Waals surface area contributed by atoms with E-state index >= 15 is 0 Å². The molecule has 2 heterocycles. The number of methoxy groups -OCH3 is 1. The van der Waals surface area contributed by atoms with Gasteiger partial charge >= 0.3 is 5.97 Å². The van der Waals surface area contributed by atoms with Gasteiger partial charge in [-0.3, -0.25) is 0 Å². The van der Waals surface area contributed by atoms with Gasteiger partial charge in [0, 0.05) is 18.8 Å². The summed E-state index contributed by atoms with van der Waals surface area (Å²) in [5.41, 5.74) is 5.03. The Labute approximate surface area is 175 Å². The first kappa shape index (κ1) is 19.8. The molecule has 0 fully saturated rings. The van der Waals surface area contributed by atoms with Crippen molar-refractivity contribution in [1.29, 1.82) is 0 Å². The summed E-state index contributed by atoms with van der Waals surface area (Å²) >= 11 is 0. The molecule has 0 radical (unpaired) electrons. The number of aryl methyl sites for hydroxylation is 1. The molecule has 4 aromatic rings. The van der Waals surface area contributed by atoms with Gasteiger partial charge in [0.05, 0.1) is 19.2 Å². The molecule has 2 aromatic carbocycles. The molecule has 2 aromatic heterocycles. The molecular weight excluding hydrogens is 376 g/mol. The minimum Gasteiger partial charge on any atom is -0.465 e. The number of esters is 1. The minimum atomic E-state index is -0.335. The second kappa shape index (κ2) is 8.86. The molecule has 6 nitrogen and oxygen atoms in total. The number of ether oxygens (including phenoxy) is 1. The first-order valence-electron chi connectivity index (χ1n) is 10.1. The summed E-state index contributed by atoms with van der Waals surface area (Å²) in [7, 11) is 1.40. The predicted octanol–water partition coefficient (Wildman–Crippen LogP) is 4.67. The number of unbranched alkanes of at least 4 members (excludes halogenated alkanes) is 1. The number of nitrogens with zero attached hydrogens (tertiary/aromatic N) is 4. The molecule has 0 unspecified atom stereocenters. The molecule has 6 heteroatoms. The van der Waals surface area contributed by atoms with E-state index in [-0.39, 0.29) is 5.97 Å². The van der Waals surface area contributed by atoms with Gasteiger partial charge < -0.3 is 9.30 Å². The molecule has 0 aliphatic heterocycles. The first-order chi connectivity index (χ1) is 14.7. The Morgan fingerprint density at radius 3 is 2.57 bits per heavy atom. The number of fused-ring (bicyclic) bond motifs is 1. The Kier molecular flexibility index (Phi) is 5.84. The maximum atomic E-state index is 12.1. The van der Waals surface area contributed by atoms with Crippen LogP contribution in [0.4, 0.5) is 0 Å². The molecule has 0 aliphatic carbocycles. The van der Waals surface area contributed by atoms with Gasteiger partial charge in [0.25, 0.3) is 0 Å². The number of imidazole rings is 1. The van der Waals surface area contributed by atoms with E-state index in [0.29, 0.717) is 17.8 Å². The SMILES string of the molecule is CCCCc1nc2nccnc2n1Cc1ccc(-c2ccccc2C(=O)OC)cc1. The number of carbonyl (C=O) groups excluding carboxylic acids is 1. The van der Waals surface area contributed by atoms with Crippen LogP contribution in [0.15, 0.2) is 60.9 Å². The lowest BCUT2D eigenvalue weighted by atomic mass is 9.98. The highest BCUT2D eigenvalue weighted by Crippen LogP contribution is 2.25. The molecule has 0 spiro atoms. The van der Waals surface area contributed by atoms with Crippen LogP contribution in [0.3, 0.4) is 0 Å². The smallest absolute Gasteiger partial charge is 0.338 e. The van der Waals surface area contributed by atoms with Crippen molar-refractivity contribution >= 4 is 17.3 Å². The summed E-state index contributed by atoms with van der Waals surface area (Å²) in [5, 5.41) is 0. The topological polar surface area (TPSA) is 69.9 Å². The highest BCUT2D eigenvalue weighted by molar-refractivity contribution is 5.97. The third kappa shape index (κ3) is 3.94. The predicted molar refractivity (Wildman–Crippen MR) is 116 cm³/mol. The number of benzene rings is 2. The van der Waals surface area contributed by atoms with Crippen LogP contribution in [0, 0.1) is 0 Å². The zero-order chi connectivity index (χ0) is 20.9. The number of hydrogen-bond acceptors (Lipinski definition) is 5. The second-order valence-electron chi connectivity index (χ2n) is 7.16. The van der Waals surface area contributed by atoms with Crippen molar-refractivity contribution in [3.05, 3.63) is 77.9 Å². The summed E-state index contributed by atoms with van der Waals surface area (Å²) in [6.45, 7) is 2.85. The van der Waals surface area contributed by atoms with Crippen LogP contribution >= 0.6 is 0 Å². The van der Waals surface area contributed by atoms with E-state index in [4.69, 9.17) is 4.74 Å². The molecule has 0 saturated heterocycles. The highest BCUT2D eigenvalue weighted by atomic mass is 16.5. The maximum Gasteiger partial charge on any atom is 0.338 e. The summed E-state index contributed by atoms with van der Waals surface area (Å²) in [4.78, 5) is 25.6. The quantitative estimate of drug-likeness (QED) is 0.422. The number of rotatable bonds is 7. The molecule has 30 heavy (non-hydrogen) atoms. The van der Waals surface area contributed by atoms with Crippen molar-refractivity contribution in [2.24, 2.45) is 0 Å². The fourth-order valence-electron chi connectivity index (χ4n) is 3.58. The fraction of sp³-hybridized carbons (Fsp3) is 0.250. The van der Waals surface area contributed by atoms with Gasteiger partial charge in [0.2, 0.25) is 0 Å². The van der Waals surface area contributed by atoms with Gasteiger partial charge in [0.1, 0.15) is 5.82 Å². The largest absolute Gasteiger partial charge is 0.465 e. The van der Waals surface area contributed by atoms with Gasteiger partial charge in [0.15, 0.2) is 11.3 Å². The van der Waals surface area contributed by atoms with Gasteiger partial charge in [-0.05, 0) is 29.2 Å².